The molecule has 0 rings (SSSR count). The molecule has 11 heteroatoms. The third-order valence-corrected chi connectivity index (χ3v) is 11.1. The minimum Gasteiger partial charge on any atom is -0.462 e. The number of carbonyl (C=O) groups excluding carboxylic acids is 2. The summed E-state index contributed by atoms with van der Waals surface area (Å²) >= 11 is 0. The molecule has 0 spiro atoms. The molecule has 0 aliphatic rings. The molecule has 0 aromatic heterocycles. The fraction of sp³-hybridized carbons (Fsp3) is 0.760. The number of rotatable bonds is 45. The molecule has 0 aromatic carbocycles. The first kappa shape index (κ1) is 58.7. The van der Waals surface area contributed by atoms with E-state index in [1.807, 2.05) is 0 Å². The minimum absolute atomic E-state index is 0.126. The molecule has 3 atom stereocenters. The van der Waals surface area contributed by atoms with Crippen molar-refractivity contribution in [3.8, 4) is 0 Å². The van der Waals surface area contributed by atoms with E-state index in [1.165, 1.54) is 116 Å². The lowest BCUT2D eigenvalue weighted by Gasteiger charge is -2.20. The van der Waals surface area contributed by atoms with Gasteiger partial charge in [0.2, 0.25) is 0 Å². The van der Waals surface area contributed by atoms with Crippen molar-refractivity contribution in [3.63, 3.8) is 0 Å². The van der Waals surface area contributed by atoms with Crippen molar-refractivity contribution in [1.82, 2.24) is 0 Å². The Balaban J connectivity index is 4.26. The fourth-order valence-corrected chi connectivity index (χ4v) is 7.25. The third-order valence-electron chi connectivity index (χ3n) is 10.2. The van der Waals surface area contributed by atoms with Crippen molar-refractivity contribution in [3.05, 3.63) is 60.8 Å². The van der Waals surface area contributed by atoms with Gasteiger partial charge in [-0.15, -0.1) is 0 Å². The molecule has 0 radical (unpaired) electrons. The maximum atomic E-state index is 12.6. The number of aliphatic hydroxyl groups is 2. The second-order valence-electron chi connectivity index (χ2n) is 16.1. The molecule has 0 aromatic rings. The second-order valence-corrected chi connectivity index (χ2v) is 17.6. The summed E-state index contributed by atoms with van der Waals surface area (Å²) in [5, 5.41) is 18.4. The SMILES string of the molecule is CC/C=C/C/C=C/C/C=C/C/C=C/CCCCC(=O)OC[C@H](COP(=O)(O)OC[C@@H](O)CO)OC(=O)CCC/C=C/CCCCCCCCCCCCCCCCCCCC. The van der Waals surface area contributed by atoms with Crippen LogP contribution in [0.2, 0.25) is 0 Å². The molecule has 0 bridgehead atoms. The van der Waals surface area contributed by atoms with E-state index in [-0.39, 0.29) is 19.4 Å². The van der Waals surface area contributed by atoms with Crippen LogP contribution in [0.1, 0.15) is 206 Å². The van der Waals surface area contributed by atoms with E-state index in [1.54, 1.807) is 0 Å². The molecule has 1 unspecified atom stereocenters. The van der Waals surface area contributed by atoms with Crippen molar-refractivity contribution >= 4 is 19.8 Å². The predicted octanol–water partition coefficient (Wildman–Crippen LogP) is 13.5. The number of allylic oxidation sites excluding steroid dienone is 10. The van der Waals surface area contributed by atoms with Gasteiger partial charge < -0.3 is 24.6 Å². The number of aliphatic hydroxyl groups excluding tert-OH is 2. The van der Waals surface area contributed by atoms with Crippen molar-refractivity contribution in [1.29, 1.82) is 0 Å². The van der Waals surface area contributed by atoms with Gasteiger partial charge in [-0.25, -0.2) is 4.57 Å². The zero-order chi connectivity index (χ0) is 44.8. The fourth-order valence-electron chi connectivity index (χ4n) is 6.46. The monoisotopic (exact) mass is 881 g/mol. The maximum absolute atomic E-state index is 12.6. The van der Waals surface area contributed by atoms with Crippen LogP contribution in [0.3, 0.4) is 0 Å². The molecule has 10 nitrogen and oxygen atoms in total. The molecule has 354 valence electrons. The second kappa shape index (κ2) is 45.7. The highest BCUT2D eigenvalue weighted by Crippen LogP contribution is 2.43. The van der Waals surface area contributed by atoms with Crippen LogP contribution in [0.15, 0.2) is 60.8 Å². The van der Waals surface area contributed by atoms with Crippen molar-refractivity contribution < 1.29 is 47.8 Å². The van der Waals surface area contributed by atoms with Gasteiger partial charge in [0.25, 0.3) is 0 Å². The van der Waals surface area contributed by atoms with Gasteiger partial charge in [-0.2, -0.15) is 0 Å². The van der Waals surface area contributed by atoms with E-state index >= 15 is 0 Å². The molecule has 0 fully saturated rings. The molecular formula is C50H89O10P. The van der Waals surface area contributed by atoms with Gasteiger partial charge in [0, 0.05) is 12.8 Å². The summed E-state index contributed by atoms with van der Waals surface area (Å²) in [5.41, 5.74) is 0. The van der Waals surface area contributed by atoms with Crippen LogP contribution < -0.4 is 0 Å². The summed E-state index contributed by atoms with van der Waals surface area (Å²) in [4.78, 5) is 35.0. The Bertz CT molecular complexity index is 1200. The summed E-state index contributed by atoms with van der Waals surface area (Å²) < 4.78 is 32.7. The van der Waals surface area contributed by atoms with E-state index in [0.717, 1.165) is 51.4 Å². The molecular weight excluding hydrogens is 792 g/mol. The number of phosphoric acid groups is 1. The van der Waals surface area contributed by atoms with Crippen LogP contribution in [0.25, 0.3) is 0 Å². The highest BCUT2D eigenvalue weighted by atomic mass is 31.2. The molecule has 0 heterocycles. The van der Waals surface area contributed by atoms with Gasteiger partial charge in [-0.05, 0) is 70.6 Å². The Morgan fingerprint density at radius 2 is 0.918 bits per heavy atom. The number of hydrogen-bond acceptors (Lipinski definition) is 9. The first-order valence-corrected chi connectivity index (χ1v) is 25.7. The van der Waals surface area contributed by atoms with Gasteiger partial charge in [-0.3, -0.25) is 18.6 Å². The summed E-state index contributed by atoms with van der Waals surface area (Å²) in [6, 6.07) is 0. The Morgan fingerprint density at radius 3 is 1.43 bits per heavy atom. The lowest BCUT2D eigenvalue weighted by molar-refractivity contribution is -0.161. The molecule has 0 aliphatic carbocycles. The summed E-state index contributed by atoms with van der Waals surface area (Å²) in [6.45, 7) is 2.21. The smallest absolute Gasteiger partial charge is 0.462 e. The number of phosphoric ester groups is 1. The lowest BCUT2D eigenvalue weighted by Crippen LogP contribution is -2.29. The number of carbonyl (C=O) groups is 2. The van der Waals surface area contributed by atoms with E-state index in [4.69, 9.17) is 23.6 Å². The topological polar surface area (TPSA) is 149 Å². The zero-order valence-corrected chi connectivity index (χ0v) is 39.5. The summed E-state index contributed by atoms with van der Waals surface area (Å²) in [7, 11) is -4.64. The number of hydrogen-bond donors (Lipinski definition) is 3. The third kappa shape index (κ3) is 45.5. The van der Waals surface area contributed by atoms with Gasteiger partial charge in [0.15, 0.2) is 6.10 Å². The Kier molecular flexibility index (Phi) is 43.9. The quantitative estimate of drug-likeness (QED) is 0.0233. The highest BCUT2D eigenvalue weighted by molar-refractivity contribution is 7.47. The molecule has 0 saturated carbocycles. The van der Waals surface area contributed by atoms with E-state index in [9.17, 15) is 24.2 Å². The zero-order valence-electron chi connectivity index (χ0n) is 38.6. The maximum Gasteiger partial charge on any atom is 0.472 e. The molecule has 0 saturated heterocycles. The highest BCUT2D eigenvalue weighted by Gasteiger charge is 2.27. The average molecular weight is 881 g/mol. The van der Waals surface area contributed by atoms with Gasteiger partial charge in [0.05, 0.1) is 19.8 Å². The first-order chi connectivity index (χ1) is 29.7. The van der Waals surface area contributed by atoms with Crippen LogP contribution in [0.5, 0.6) is 0 Å². The Hall–Kier alpha value is -2.33. The molecule has 3 N–H and O–H groups in total. The van der Waals surface area contributed by atoms with Crippen LogP contribution in [-0.4, -0.2) is 65.7 Å². The van der Waals surface area contributed by atoms with E-state index in [2.05, 4.69) is 74.6 Å². The van der Waals surface area contributed by atoms with Crippen LogP contribution in [-0.2, 0) is 32.7 Å². The lowest BCUT2D eigenvalue weighted by atomic mass is 10.0. The van der Waals surface area contributed by atoms with Gasteiger partial charge >= 0.3 is 19.8 Å². The van der Waals surface area contributed by atoms with Crippen LogP contribution in [0, 0.1) is 0 Å². The van der Waals surface area contributed by atoms with Crippen LogP contribution >= 0.6 is 7.82 Å². The Morgan fingerprint density at radius 1 is 0.508 bits per heavy atom. The average Bonchev–Trinajstić information content (AvgIpc) is 3.25. The van der Waals surface area contributed by atoms with E-state index < -0.39 is 51.8 Å². The molecule has 0 aliphatic heterocycles. The first-order valence-electron chi connectivity index (χ1n) is 24.2. The summed E-state index contributed by atoms with van der Waals surface area (Å²) in [5.74, 6) is -1.01. The number of esters is 2. The molecule has 61 heavy (non-hydrogen) atoms. The number of unbranched alkanes of at least 4 members (excludes halogenated alkanes) is 21. The largest absolute Gasteiger partial charge is 0.472 e. The minimum atomic E-state index is -4.64. The van der Waals surface area contributed by atoms with Crippen molar-refractivity contribution in [2.24, 2.45) is 0 Å². The molecule has 0 amide bonds. The predicted molar refractivity (Wildman–Crippen MR) is 251 cm³/mol. The number of ether oxygens (including phenoxy) is 2. The normalized spacial score (nSPS) is 14.2. The van der Waals surface area contributed by atoms with Gasteiger partial charge in [-0.1, -0.05) is 184 Å². The van der Waals surface area contributed by atoms with Gasteiger partial charge in [0.1, 0.15) is 12.7 Å². The van der Waals surface area contributed by atoms with Crippen molar-refractivity contribution in [2.75, 3.05) is 26.4 Å². The summed E-state index contributed by atoms with van der Waals surface area (Å²) in [6.07, 6.45) is 52.1. The standard InChI is InChI=1S/C50H89O10P/c1-3-5-7-9-11-13-15-17-19-20-21-22-23-24-25-26-28-30-32-34-36-38-40-42-50(54)60-48(46-59-61(55,56)58-44-47(52)43-51)45-57-49(53)41-39-37-35-33-31-29-27-18-16-14-12-10-8-6-4-2/h6,8,12,14,18,27,31,33-34,36,47-48,51-52H,3-5,7,9-11,13,15-17,19-26,28-30,32,35,37-46H2,1-2H3,(H,55,56)/b8-6+,14-12+,27-18+,33-31+,36-34+/t47-,48+/m0/s1. The van der Waals surface area contributed by atoms with Crippen molar-refractivity contribution in [2.45, 2.75) is 219 Å². The Labute approximate surface area is 372 Å². The van der Waals surface area contributed by atoms with Crippen LogP contribution in [0.4, 0.5) is 0 Å². The van der Waals surface area contributed by atoms with E-state index in [0.29, 0.717) is 12.8 Å².